The Kier molecular flexibility index (Phi) is 9.66. The second kappa shape index (κ2) is 11.2. The first-order valence-corrected chi connectivity index (χ1v) is 8.67. The fourth-order valence-corrected chi connectivity index (χ4v) is 2.80. The molecule has 0 saturated heterocycles. The summed E-state index contributed by atoms with van der Waals surface area (Å²) in [4.78, 5) is 14.9. The molecule has 0 radical (unpaired) electrons. The summed E-state index contributed by atoms with van der Waals surface area (Å²) in [5.74, 6) is -0.146. The lowest BCUT2D eigenvalue weighted by Crippen LogP contribution is -2.35. The molecule has 1 N–H and O–H groups in total. The summed E-state index contributed by atoms with van der Waals surface area (Å²) in [5, 5.41) is 3.80. The van der Waals surface area contributed by atoms with Crippen LogP contribution < -0.4 is 5.32 Å². The number of hydrogen-bond donors (Lipinski definition) is 1. The molecule has 2 aromatic carbocycles. The maximum atomic E-state index is 12.8. The van der Waals surface area contributed by atoms with E-state index in [1.165, 1.54) is 0 Å². The number of halogens is 2. The van der Waals surface area contributed by atoms with Crippen LogP contribution in [-0.2, 0) is 9.53 Å². The van der Waals surface area contributed by atoms with Gasteiger partial charge in [-0.25, -0.2) is 0 Å². The Labute approximate surface area is 166 Å². The van der Waals surface area contributed by atoms with Crippen LogP contribution in [0.1, 0.15) is 29.7 Å². The van der Waals surface area contributed by atoms with E-state index in [0.717, 1.165) is 24.1 Å². The van der Waals surface area contributed by atoms with E-state index in [9.17, 15) is 4.79 Å². The lowest BCUT2D eigenvalue weighted by Gasteiger charge is -2.24. The zero-order valence-corrected chi connectivity index (χ0v) is 16.9. The number of methoxy groups -OCH3 is 1. The van der Waals surface area contributed by atoms with Crippen molar-refractivity contribution in [1.82, 2.24) is 10.2 Å². The molecule has 0 aliphatic rings. The van der Waals surface area contributed by atoms with Gasteiger partial charge in [-0.05, 0) is 50.3 Å². The minimum Gasteiger partial charge on any atom is -0.367 e. The molecule has 0 aliphatic heterocycles. The molecule has 1 amide bonds. The number of hydrogen-bond acceptors (Lipinski definition) is 3. The smallest absolute Gasteiger partial charge is 0.254 e. The summed E-state index contributed by atoms with van der Waals surface area (Å²) in [6.07, 6.45) is 0.168. The zero-order valence-electron chi connectivity index (χ0n) is 15.3. The van der Waals surface area contributed by atoms with Crippen LogP contribution >= 0.6 is 24.0 Å². The first-order chi connectivity index (χ1) is 12.0. The molecule has 0 aromatic heterocycles. The van der Waals surface area contributed by atoms with Crippen molar-refractivity contribution in [3.8, 4) is 0 Å². The molecule has 2 atom stereocenters. The highest BCUT2D eigenvalue weighted by atomic mass is 35.5. The molecule has 0 fully saturated rings. The highest BCUT2D eigenvalue weighted by Crippen LogP contribution is 2.23. The van der Waals surface area contributed by atoms with Gasteiger partial charge in [0.15, 0.2) is 6.10 Å². The number of nitrogens with zero attached hydrogens (tertiary/aromatic N) is 1. The zero-order chi connectivity index (χ0) is 18.2. The Hall–Kier alpha value is -1.59. The lowest BCUT2D eigenvalue weighted by molar-refractivity contribution is -0.132. The number of benzene rings is 2. The number of ether oxygens (including phenoxy) is 1. The molecule has 142 valence electrons. The van der Waals surface area contributed by atoms with Crippen molar-refractivity contribution in [3.63, 3.8) is 0 Å². The second-order valence-electron chi connectivity index (χ2n) is 6.23. The molecule has 0 aliphatic carbocycles. The number of carbonyl (C=O) groups excluding carboxylic acids is 1. The van der Waals surface area contributed by atoms with E-state index in [2.05, 4.69) is 10.2 Å². The van der Waals surface area contributed by atoms with Crippen molar-refractivity contribution in [2.75, 3.05) is 27.7 Å². The second-order valence-corrected chi connectivity index (χ2v) is 6.67. The van der Waals surface area contributed by atoms with Gasteiger partial charge < -0.3 is 15.0 Å². The Morgan fingerprint density at radius 3 is 2.23 bits per heavy atom. The van der Waals surface area contributed by atoms with Gasteiger partial charge in [-0.15, -0.1) is 12.4 Å². The molecule has 2 aromatic rings. The average Bonchev–Trinajstić information content (AvgIpc) is 2.61. The highest BCUT2D eigenvalue weighted by Gasteiger charge is 2.23. The third-order valence-electron chi connectivity index (χ3n) is 4.03. The van der Waals surface area contributed by atoms with Crippen molar-refractivity contribution in [3.05, 3.63) is 70.7 Å². The number of amides is 1. The van der Waals surface area contributed by atoms with Gasteiger partial charge in [-0.3, -0.25) is 4.79 Å². The Morgan fingerprint density at radius 1 is 1.08 bits per heavy atom. The summed E-state index contributed by atoms with van der Waals surface area (Å²) in [6.45, 7) is 0.858. The average molecular weight is 397 g/mol. The molecule has 0 spiro atoms. The molecule has 2 rings (SSSR count). The highest BCUT2D eigenvalue weighted by molar-refractivity contribution is 6.30. The molecule has 0 heterocycles. The van der Waals surface area contributed by atoms with Crippen LogP contribution in [0, 0.1) is 0 Å². The Morgan fingerprint density at radius 2 is 1.69 bits per heavy atom. The van der Waals surface area contributed by atoms with Crippen LogP contribution in [-0.4, -0.2) is 38.6 Å². The summed E-state index contributed by atoms with van der Waals surface area (Å²) in [6, 6.07) is 17.0. The fraction of sp³-hybridized carbons (Fsp3) is 0.350. The van der Waals surface area contributed by atoms with Crippen LogP contribution in [0.25, 0.3) is 0 Å². The molecular formula is C20H26Cl2N2O2. The van der Waals surface area contributed by atoms with Crippen LogP contribution in [0.4, 0.5) is 0 Å². The van der Waals surface area contributed by atoms with E-state index in [-0.39, 0.29) is 24.4 Å². The van der Waals surface area contributed by atoms with E-state index in [4.69, 9.17) is 16.3 Å². The van der Waals surface area contributed by atoms with E-state index in [1.807, 2.05) is 68.7 Å². The van der Waals surface area contributed by atoms with Gasteiger partial charge in [-0.1, -0.05) is 54.1 Å². The van der Waals surface area contributed by atoms with E-state index in [1.54, 1.807) is 7.11 Å². The molecule has 0 unspecified atom stereocenters. The predicted octanol–water partition coefficient (Wildman–Crippen LogP) is 4.26. The first-order valence-electron chi connectivity index (χ1n) is 8.29. The monoisotopic (exact) mass is 396 g/mol. The van der Waals surface area contributed by atoms with Crippen molar-refractivity contribution in [1.29, 1.82) is 0 Å². The maximum Gasteiger partial charge on any atom is 0.254 e. The SMILES string of the molecule is CO[C@@H](C(=O)N[C@@H](CCN(C)C)c1ccc(Cl)cc1)c1ccccc1.Cl. The molecule has 6 heteroatoms. The fourth-order valence-electron chi connectivity index (χ4n) is 2.67. The van der Waals surface area contributed by atoms with Gasteiger partial charge in [0.25, 0.3) is 5.91 Å². The standard InChI is InChI=1S/C20H25ClN2O2.ClH/c1-23(2)14-13-18(15-9-11-17(21)12-10-15)22-20(24)19(25-3)16-7-5-4-6-8-16;/h4-12,18-19H,13-14H2,1-3H3,(H,22,24);1H/t18-,19+;/m0./s1. The number of rotatable bonds is 8. The number of carbonyl (C=O) groups is 1. The molecule has 0 bridgehead atoms. The largest absolute Gasteiger partial charge is 0.367 e. The van der Waals surface area contributed by atoms with Gasteiger partial charge in [0.2, 0.25) is 0 Å². The predicted molar refractivity (Wildman–Crippen MR) is 109 cm³/mol. The minimum absolute atomic E-state index is 0. The topological polar surface area (TPSA) is 41.6 Å². The van der Waals surface area contributed by atoms with Gasteiger partial charge in [0.05, 0.1) is 6.04 Å². The van der Waals surface area contributed by atoms with Crippen LogP contribution in [0.5, 0.6) is 0 Å². The minimum atomic E-state index is -0.629. The quantitative estimate of drug-likeness (QED) is 0.724. The third-order valence-corrected chi connectivity index (χ3v) is 4.28. The summed E-state index contributed by atoms with van der Waals surface area (Å²) in [5.41, 5.74) is 1.87. The molecule has 0 saturated carbocycles. The van der Waals surface area contributed by atoms with Crippen molar-refractivity contribution in [2.45, 2.75) is 18.6 Å². The maximum absolute atomic E-state index is 12.8. The number of nitrogens with one attached hydrogen (secondary N) is 1. The van der Waals surface area contributed by atoms with Gasteiger partial charge in [-0.2, -0.15) is 0 Å². The van der Waals surface area contributed by atoms with E-state index >= 15 is 0 Å². The van der Waals surface area contributed by atoms with Gasteiger partial charge >= 0.3 is 0 Å². The normalized spacial score (nSPS) is 13.0. The van der Waals surface area contributed by atoms with Gasteiger partial charge in [0.1, 0.15) is 0 Å². The lowest BCUT2D eigenvalue weighted by atomic mass is 10.0. The van der Waals surface area contributed by atoms with Crippen LogP contribution in [0.2, 0.25) is 5.02 Å². The summed E-state index contributed by atoms with van der Waals surface area (Å²) < 4.78 is 5.44. The molecule has 4 nitrogen and oxygen atoms in total. The molecular weight excluding hydrogens is 371 g/mol. The van der Waals surface area contributed by atoms with Crippen molar-refractivity contribution < 1.29 is 9.53 Å². The van der Waals surface area contributed by atoms with Crippen molar-refractivity contribution >= 4 is 29.9 Å². The van der Waals surface area contributed by atoms with Gasteiger partial charge in [0, 0.05) is 12.1 Å². The Balaban J connectivity index is 0.00000338. The van der Waals surface area contributed by atoms with E-state index < -0.39 is 6.10 Å². The summed E-state index contributed by atoms with van der Waals surface area (Å²) >= 11 is 5.99. The molecule has 26 heavy (non-hydrogen) atoms. The van der Waals surface area contributed by atoms with Crippen LogP contribution in [0.15, 0.2) is 54.6 Å². The Bertz CT molecular complexity index is 663. The van der Waals surface area contributed by atoms with Crippen molar-refractivity contribution in [2.24, 2.45) is 0 Å². The first kappa shape index (κ1) is 22.5. The van der Waals surface area contributed by atoms with E-state index in [0.29, 0.717) is 5.02 Å². The summed E-state index contributed by atoms with van der Waals surface area (Å²) in [7, 11) is 5.58. The third kappa shape index (κ3) is 6.61. The van der Waals surface area contributed by atoms with Crippen LogP contribution in [0.3, 0.4) is 0 Å².